The fourth-order valence-corrected chi connectivity index (χ4v) is 3.48. The molecule has 1 aromatic heterocycles. The van der Waals surface area contributed by atoms with Crippen LogP contribution >= 0.6 is 0 Å². The van der Waals surface area contributed by atoms with E-state index in [-0.39, 0.29) is 11.7 Å². The summed E-state index contributed by atoms with van der Waals surface area (Å²) in [6, 6.07) is 14.7. The molecule has 1 saturated heterocycles. The fourth-order valence-electron chi connectivity index (χ4n) is 3.48. The molecule has 5 nitrogen and oxygen atoms in total. The zero-order chi connectivity index (χ0) is 20.4. The molecule has 0 atom stereocenters. The molecule has 2 amide bonds. The Hall–Kier alpha value is -3.29. The average Bonchev–Trinajstić information content (AvgIpc) is 2.73. The Labute approximate surface area is 165 Å². The number of hydrogen-bond acceptors (Lipinski definition) is 3. The number of carbonyl (C=O) groups excluding carboxylic acids is 1. The third-order valence-electron chi connectivity index (χ3n) is 4.98. The zero-order valence-corrected chi connectivity index (χ0v) is 15.5. The molecule has 1 aliphatic heterocycles. The molecule has 3 aromatic rings. The van der Waals surface area contributed by atoms with Crippen LogP contribution in [0.4, 0.5) is 29.5 Å². The standard InChI is InChI=1S/C21H19F3N4O/c22-21(23,24)17-7-3-4-8-18(17)27-9-11-28(12-10-27)20(29)26-19-13-15-5-1-2-6-16(15)14-25-19/h1-8,13-14H,9-12H2,(H,25,26,29). The molecule has 150 valence electrons. The largest absolute Gasteiger partial charge is 0.418 e. The summed E-state index contributed by atoms with van der Waals surface area (Å²) in [5.41, 5.74) is -0.505. The number of nitrogens with zero attached hydrogens (tertiary/aromatic N) is 3. The van der Waals surface area contributed by atoms with Crippen LogP contribution in [0.25, 0.3) is 10.8 Å². The van der Waals surface area contributed by atoms with Crippen molar-refractivity contribution >= 4 is 28.3 Å². The van der Waals surface area contributed by atoms with E-state index < -0.39 is 11.7 Å². The first-order valence-corrected chi connectivity index (χ1v) is 9.24. The SMILES string of the molecule is O=C(Nc1cc2ccccc2cn1)N1CCN(c2ccccc2C(F)(F)F)CC1. The van der Waals surface area contributed by atoms with E-state index in [1.54, 1.807) is 28.1 Å². The second-order valence-electron chi connectivity index (χ2n) is 6.84. The van der Waals surface area contributed by atoms with Gasteiger partial charge in [-0.05, 0) is 23.6 Å². The molecule has 4 rings (SSSR count). The van der Waals surface area contributed by atoms with E-state index in [9.17, 15) is 18.0 Å². The monoisotopic (exact) mass is 400 g/mol. The summed E-state index contributed by atoms with van der Waals surface area (Å²) < 4.78 is 39.8. The van der Waals surface area contributed by atoms with Gasteiger partial charge in [0.25, 0.3) is 0 Å². The lowest BCUT2D eigenvalue weighted by atomic mass is 10.1. The van der Waals surface area contributed by atoms with Crippen LogP contribution < -0.4 is 10.2 Å². The van der Waals surface area contributed by atoms with Crippen LogP contribution in [0.1, 0.15) is 5.56 Å². The third kappa shape index (κ3) is 4.11. The van der Waals surface area contributed by atoms with Crippen molar-refractivity contribution < 1.29 is 18.0 Å². The van der Waals surface area contributed by atoms with Gasteiger partial charge in [0, 0.05) is 43.4 Å². The Bertz CT molecular complexity index is 1030. The normalized spacial score (nSPS) is 14.9. The van der Waals surface area contributed by atoms with Crippen LogP contribution in [0, 0.1) is 0 Å². The van der Waals surface area contributed by atoms with Gasteiger partial charge in [-0.3, -0.25) is 5.32 Å². The number of aromatic nitrogens is 1. The number of para-hydroxylation sites is 1. The van der Waals surface area contributed by atoms with E-state index in [0.717, 1.165) is 16.8 Å². The minimum absolute atomic E-state index is 0.149. The van der Waals surface area contributed by atoms with Crippen molar-refractivity contribution in [3.8, 4) is 0 Å². The van der Waals surface area contributed by atoms with Crippen LogP contribution in [-0.2, 0) is 6.18 Å². The zero-order valence-electron chi connectivity index (χ0n) is 15.5. The molecule has 2 aromatic carbocycles. The van der Waals surface area contributed by atoms with E-state index in [2.05, 4.69) is 10.3 Å². The quantitative estimate of drug-likeness (QED) is 0.684. The van der Waals surface area contributed by atoms with Crippen LogP contribution in [0.3, 0.4) is 0 Å². The molecule has 1 fully saturated rings. The predicted molar refractivity (Wildman–Crippen MR) is 106 cm³/mol. The van der Waals surface area contributed by atoms with Crippen molar-refractivity contribution in [2.45, 2.75) is 6.18 Å². The molecule has 29 heavy (non-hydrogen) atoms. The Kier molecular flexibility index (Phi) is 5.00. The number of urea groups is 1. The Balaban J connectivity index is 1.41. The van der Waals surface area contributed by atoms with E-state index in [4.69, 9.17) is 0 Å². The van der Waals surface area contributed by atoms with Crippen LogP contribution in [-0.4, -0.2) is 42.1 Å². The van der Waals surface area contributed by atoms with Gasteiger partial charge in [0.2, 0.25) is 0 Å². The van der Waals surface area contributed by atoms with Gasteiger partial charge < -0.3 is 9.80 Å². The van der Waals surface area contributed by atoms with Crippen molar-refractivity contribution in [3.63, 3.8) is 0 Å². The summed E-state index contributed by atoms with van der Waals surface area (Å²) in [7, 11) is 0. The molecular formula is C21H19F3N4O. The average molecular weight is 400 g/mol. The number of piperazine rings is 1. The van der Waals surface area contributed by atoms with Crippen molar-refractivity contribution in [3.05, 3.63) is 66.4 Å². The number of nitrogens with one attached hydrogen (secondary N) is 1. The Morgan fingerprint density at radius 2 is 1.59 bits per heavy atom. The van der Waals surface area contributed by atoms with Crippen molar-refractivity contribution in [1.82, 2.24) is 9.88 Å². The summed E-state index contributed by atoms with van der Waals surface area (Å²) in [5, 5.41) is 4.71. The van der Waals surface area contributed by atoms with E-state index in [0.29, 0.717) is 32.0 Å². The van der Waals surface area contributed by atoms with Gasteiger partial charge in [0.05, 0.1) is 5.56 Å². The Morgan fingerprint density at radius 3 is 2.31 bits per heavy atom. The van der Waals surface area contributed by atoms with Gasteiger partial charge in [-0.15, -0.1) is 0 Å². The van der Waals surface area contributed by atoms with Crippen LogP contribution in [0.2, 0.25) is 0 Å². The number of carbonyl (C=O) groups is 1. The summed E-state index contributed by atoms with van der Waals surface area (Å²) in [4.78, 5) is 20.1. The first-order chi connectivity index (χ1) is 13.9. The molecule has 0 bridgehead atoms. The number of benzene rings is 2. The van der Waals surface area contributed by atoms with Gasteiger partial charge >= 0.3 is 12.2 Å². The smallest absolute Gasteiger partial charge is 0.367 e. The maximum Gasteiger partial charge on any atom is 0.418 e. The minimum atomic E-state index is -4.41. The molecule has 0 saturated carbocycles. The molecule has 8 heteroatoms. The highest BCUT2D eigenvalue weighted by molar-refractivity contribution is 5.91. The predicted octanol–water partition coefficient (Wildman–Crippen LogP) is 4.61. The van der Waals surface area contributed by atoms with Gasteiger partial charge in [-0.2, -0.15) is 13.2 Å². The maximum absolute atomic E-state index is 13.3. The van der Waals surface area contributed by atoms with E-state index in [1.165, 1.54) is 12.1 Å². The summed E-state index contributed by atoms with van der Waals surface area (Å²) in [6.45, 7) is 1.30. The second kappa shape index (κ2) is 7.62. The molecule has 1 N–H and O–H groups in total. The molecule has 1 aliphatic rings. The molecule has 0 aliphatic carbocycles. The number of rotatable bonds is 2. The van der Waals surface area contributed by atoms with E-state index >= 15 is 0 Å². The minimum Gasteiger partial charge on any atom is -0.367 e. The van der Waals surface area contributed by atoms with E-state index in [1.807, 2.05) is 24.3 Å². The molecular weight excluding hydrogens is 381 g/mol. The van der Waals surface area contributed by atoms with Gasteiger partial charge in [-0.1, -0.05) is 36.4 Å². The summed E-state index contributed by atoms with van der Waals surface area (Å²) >= 11 is 0. The highest BCUT2D eigenvalue weighted by Gasteiger charge is 2.35. The number of alkyl halides is 3. The topological polar surface area (TPSA) is 48.5 Å². The van der Waals surface area contributed by atoms with Crippen molar-refractivity contribution in [2.75, 3.05) is 36.4 Å². The fraction of sp³-hybridized carbons (Fsp3) is 0.238. The first-order valence-electron chi connectivity index (χ1n) is 9.24. The molecule has 0 unspecified atom stereocenters. The number of fused-ring (bicyclic) bond motifs is 1. The lowest BCUT2D eigenvalue weighted by molar-refractivity contribution is -0.137. The van der Waals surface area contributed by atoms with Gasteiger partial charge in [0.15, 0.2) is 0 Å². The lowest BCUT2D eigenvalue weighted by Gasteiger charge is -2.37. The number of pyridine rings is 1. The van der Waals surface area contributed by atoms with Crippen LogP contribution in [0.5, 0.6) is 0 Å². The summed E-state index contributed by atoms with van der Waals surface area (Å²) in [5.74, 6) is 0.443. The molecule has 2 heterocycles. The molecule has 0 spiro atoms. The third-order valence-corrected chi connectivity index (χ3v) is 4.98. The number of anilines is 2. The number of hydrogen-bond donors (Lipinski definition) is 1. The first kappa shape index (κ1) is 19.0. The van der Waals surface area contributed by atoms with Crippen molar-refractivity contribution in [2.24, 2.45) is 0 Å². The maximum atomic E-state index is 13.3. The number of amides is 2. The second-order valence-corrected chi connectivity index (χ2v) is 6.84. The van der Waals surface area contributed by atoms with Crippen molar-refractivity contribution in [1.29, 1.82) is 0 Å². The van der Waals surface area contributed by atoms with Crippen LogP contribution in [0.15, 0.2) is 60.8 Å². The molecule has 0 radical (unpaired) electrons. The Morgan fingerprint density at radius 1 is 0.931 bits per heavy atom. The lowest BCUT2D eigenvalue weighted by Crippen LogP contribution is -2.50. The van der Waals surface area contributed by atoms with Gasteiger partial charge in [-0.25, -0.2) is 9.78 Å². The highest BCUT2D eigenvalue weighted by Crippen LogP contribution is 2.36. The highest BCUT2D eigenvalue weighted by atomic mass is 19.4. The summed E-state index contributed by atoms with van der Waals surface area (Å²) in [6.07, 6.45) is -2.72. The van der Waals surface area contributed by atoms with Gasteiger partial charge in [0.1, 0.15) is 5.82 Å². The number of halogens is 3.